The zero-order valence-corrected chi connectivity index (χ0v) is 15.4. The summed E-state index contributed by atoms with van der Waals surface area (Å²) in [7, 11) is 0. The average molecular weight is 357 g/mol. The van der Waals surface area contributed by atoms with E-state index in [1.54, 1.807) is 12.1 Å². The lowest BCUT2D eigenvalue weighted by Gasteiger charge is -2.18. The Labute approximate surface area is 152 Å². The van der Waals surface area contributed by atoms with E-state index in [9.17, 15) is 9.59 Å². The number of esters is 1. The summed E-state index contributed by atoms with van der Waals surface area (Å²) >= 11 is 1.52. The number of benzene rings is 1. The summed E-state index contributed by atoms with van der Waals surface area (Å²) in [5.41, 5.74) is 2.20. The maximum atomic E-state index is 12.6. The predicted octanol–water partition coefficient (Wildman–Crippen LogP) is 4.69. The van der Waals surface area contributed by atoms with E-state index in [0.717, 1.165) is 31.2 Å². The molecule has 0 unspecified atom stereocenters. The largest absolute Gasteiger partial charge is 0.462 e. The van der Waals surface area contributed by atoms with Crippen molar-refractivity contribution in [2.24, 2.45) is 5.92 Å². The van der Waals surface area contributed by atoms with Crippen molar-refractivity contribution < 1.29 is 14.3 Å². The van der Waals surface area contributed by atoms with E-state index >= 15 is 0 Å². The van der Waals surface area contributed by atoms with Crippen LogP contribution in [-0.4, -0.2) is 18.5 Å². The maximum absolute atomic E-state index is 12.6. The molecular formula is C20H23NO3S. The number of nitrogens with one attached hydrogen (secondary N) is 1. The average Bonchev–Trinajstić information content (AvgIpc) is 2.97. The van der Waals surface area contributed by atoms with Gasteiger partial charge >= 0.3 is 5.97 Å². The molecule has 5 heteroatoms. The lowest BCUT2D eigenvalue weighted by atomic mass is 9.88. The van der Waals surface area contributed by atoms with Gasteiger partial charge < -0.3 is 10.1 Å². The minimum absolute atomic E-state index is 0.197. The molecule has 0 fully saturated rings. The van der Waals surface area contributed by atoms with Crippen molar-refractivity contribution in [2.45, 2.75) is 39.5 Å². The highest BCUT2D eigenvalue weighted by atomic mass is 32.1. The van der Waals surface area contributed by atoms with Gasteiger partial charge in [0.25, 0.3) is 5.91 Å². The number of hydrogen-bond acceptors (Lipinski definition) is 4. The summed E-state index contributed by atoms with van der Waals surface area (Å²) in [5, 5.41) is 3.55. The highest BCUT2D eigenvalue weighted by Gasteiger charge is 2.29. The Morgan fingerprint density at radius 2 is 2.04 bits per heavy atom. The molecule has 2 aromatic rings. The number of carbonyl (C=O) groups excluding carboxylic acids is 2. The Hall–Kier alpha value is -2.14. The molecule has 1 aliphatic rings. The second-order valence-electron chi connectivity index (χ2n) is 6.51. The molecule has 25 heavy (non-hydrogen) atoms. The standard InChI is InChI=1S/C20H23NO3S/c1-3-11-24-20(23)17-15-10-9-13(2)12-16(15)25-19(17)21-18(22)14-7-5-4-6-8-14/h4-8,13H,3,9-12H2,1-2H3,(H,21,22)/t13-/m0/s1. The van der Waals surface area contributed by atoms with E-state index in [4.69, 9.17) is 4.74 Å². The van der Waals surface area contributed by atoms with Crippen LogP contribution < -0.4 is 5.32 Å². The van der Waals surface area contributed by atoms with Crippen LogP contribution in [0.1, 0.15) is 57.8 Å². The number of carbonyl (C=O) groups is 2. The molecule has 1 aromatic carbocycles. The van der Waals surface area contributed by atoms with Crippen LogP contribution in [0.4, 0.5) is 5.00 Å². The van der Waals surface area contributed by atoms with Crippen LogP contribution in [0.25, 0.3) is 0 Å². The number of hydrogen-bond donors (Lipinski definition) is 1. The van der Waals surface area contributed by atoms with Gasteiger partial charge in [-0.3, -0.25) is 4.79 Å². The van der Waals surface area contributed by atoms with Gasteiger partial charge in [0.15, 0.2) is 0 Å². The van der Waals surface area contributed by atoms with Crippen LogP contribution in [0.15, 0.2) is 30.3 Å². The first-order valence-electron chi connectivity index (χ1n) is 8.78. The molecule has 1 atom stereocenters. The lowest BCUT2D eigenvalue weighted by Crippen LogP contribution is -2.17. The van der Waals surface area contributed by atoms with Gasteiger partial charge in [-0.25, -0.2) is 4.79 Å². The maximum Gasteiger partial charge on any atom is 0.341 e. The number of ether oxygens (including phenoxy) is 1. The quantitative estimate of drug-likeness (QED) is 0.790. The number of fused-ring (bicyclic) bond motifs is 1. The van der Waals surface area contributed by atoms with Gasteiger partial charge in [0.05, 0.1) is 12.2 Å². The van der Waals surface area contributed by atoms with E-state index in [1.807, 2.05) is 25.1 Å². The predicted molar refractivity (Wildman–Crippen MR) is 100 cm³/mol. The molecule has 4 nitrogen and oxygen atoms in total. The minimum atomic E-state index is -0.322. The first-order valence-corrected chi connectivity index (χ1v) is 9.59. The smallest absolute Gasteiger partial charge is 0.341 e. The van der Waals surface area contributed by atoms with E-state index < -0.39 is 0 Å². The van der Waals surface area contributed by atoms with Crippen LogP contribution in [0.5, 0.6) is 0 Å². The van der Waals surface area contributed by atoms with Crippen molar-refractivity contribution in [2.75, 3.05) is 11.9 Å². The summed E-state index contributed by atoms with van der Waals surface area (Å²) in [4.78, 5) is 26.3. The van der Waals surface area contributed by atoms with Crippen molar-refractivity contribution in [1.29, 1.82) is 0 Å². The van der Waals surface area contributed by atoms with Crippen LogP contribution >= 0.6 is 11.3 Å². The van der Waals surface area contributed by atoms with Gasteiger partial charge in [-0.05, 0) is 49.3 Å². The van der Waals surface area contributed by atoms with Crippen molar-refractivity contribution in [3.05, 3.63) is 51.9 Å². The highest BCUT2D eigenvalue weighted by molar-refractivity contribution is 7.17. The van der Waals surface area contributed by atoms with Crippen LogP contribution in [-0.2, 0) is 17.6 Å². The Kier molecular flexibility index (Phi) is 5.53. The van der Waals surface area contributed by atoms with Gasteiger partial charge in [0.2, 0.25) is 0 Å². The van der Waals surface area contributed by atoms with Gasteiger partial charge in [-0.2, -0.15) is 0 Å². The lowest BCUT2D eigenvalue weighted by molar-refractivity contribution is 0.0505. The molecule has 1 aromatic heterocycles. The fourth-order valence-electron chi connectivity index (χ4n) is 3.09. The molecule has 0 spiro atoms. The molecule has 0 bridgehead atoms. The monoisotopic (exact) mass is 357 g/mol. The zero-order chi connectivity index (χ0) is 17.8. The molecule has 0 saturated carbocycles. The van der Waals surface area contributed by atoms with Crippen molar-refractivity contribution >= 4 is 28.2 Å². The SMILES string of the molecule is CCCOC(=O)c1c(NC(=O)c2ccccc2)sc2c1CC[C@H](C)C2. The Morgan fingerprint density at radius 3 is 2.76 bits per heavy atom. The van der Waals surface area contributed by atoms with E-state index in [1.165, 1.54) is 16.2 Å². The molecule has 0 aliphatic heterocycles. The third kappa shape index (κ3) is 3.93. The van der Waals surface area contributed by atoms with Gasteiger partial charge in [-0.15, -0.1) is 11.3 Å². The van der Waals surface area contributed by atoms with Crippen molar-refractivity contribution in [3.8, 4) is 0 Å². The highest BCUT2D eigenvalue weighted by Crippen LogP contribution is 2.40. The number of thiophene rings is 1. The molecule has 1 amide bonds. The molecule has 132 valence electrons. The van der Waals surface area contributed by atoms with E-state index in [-0.39, 0.29) is 11.9 Å². The molecule has 3 rings (SSSR count). The Morgan fingerprint density at radius 1 is 1.28 bits per heavy atom. The van der Waals surface area contributed by atoms with Crippen LogP contribution in [0.2, 0.25) is 0 Å². The topological polar surface area (TPSA) is 55.4 Å². The molecule has 1 aliphatic carbocycles. The fourth-order valence-corrected chi connectivity index (χ4v) is 4.48. The molecule has 1 heterocycles. The van der Waals surface area contributed by atoms with Crippen molar-refractivity contribution in [3.63, 3.8) is 0 Å². The Bertz CT molecular complexity index is 767. The molecule has 1 N–H and O–H groups in total. The van der Waals surface area contributed by atoms with Gasteiger partial charge in [0, 0.05) is 10.4 Å². The summed E-state index contributed by atoms with van der Waals surface area (Å²) < 4.78 is 5.37. The first-order chi connectivity index (χ1) is 12.1. The molecule has 0 saturated heterocycles. The number of rotatable bonds is 5. The summed E-state index contributed by atoms with van der Waals surface area (Å²) in [6.07, 6.45) is 3.66. The normalized spacial score (nSPS) is 16.2. The van der Waals surface area contributed by atoms with Gasteiger partial charge in [-0.1, -0.05) is 32.0 Å². The van der Waals surface area contributed by atoms with E-state index in [0.29, 0.717) is 28.7 Å². The number of amides is 1. The summed E-state index contributed by atoms with van der Waals surface area (Å²) in [6, 6.07) is 9.05. The minimum Gasteiger partial charge on any atom is -0.462 e. The third-order valence-corrected chi connectivity index (χ3v) is 5.59. The van der Waals surface area contributed by atoms with Crippen molar-refractivity contribution in [1.82, 2.24) is 0 Å². The third-order valence-electron chi connectivity index (χ3n) is 4.42. The number of anilines is 1. The van der Waals surface area contributed by atoms with E-state index in [2.05, 4.69) is 12.2 Å². The first kappa shape index (κ1) is 17.7. The summed E-state index contributed by atoms with van der Waals surface area (Å²) in [5.74, 6) is 0.0809. The molecule has 0 radical (unpaired) electrons. The second-order valence-corrected chi connectivity index (χ2v) is 7.62. The van der Waals surface area contributed by atoms with Gasteiger partial charge in [0.1, 0.15) is 5.00 Å². The zero-order valence-electron chi connectivity index (χ0n) is 14.6. The second kappa shape index (κ2) is 7.83. The molecular weight excluding hydrogens is 334 g/mol. The Balaban J connectivity index is 1.92. The van der Waals surface area contributed by atoms with Crippen LogP contribution in [0.3, 0.4) is 0 Å². The summed E-state index contributed by atoms with van der Waals surface area (Å²) in [6.45, 7) is 4.59. The van der Waals surface area contributed by atoms with Crippen LogP contribution in [0, 0.1) is 5.92 Å². The fraction of sp³-hybridized carbons (Fsp3) is 0.400.